The van der Waals surface area contributed by atoms with Crippen molar-refractivity contribution < 1.29 is 4.42 Å². The molecule has 0 spiro atoms. The molecule has 21 heavy (non-hydrogen) atoms. The Bertz CT molecular complexity index is 750. The first-order valence-electron chi connectivity index (χ1n) is 6.78. The van der Waals surface area contributed by atoms with Crippen LogP contribution in [0.1, 0.15) is 16.2 Å². The van der Waals surface area contributed by atoms with Crippen molar-refractivity contribution in [3.05, 3.63) is 56.4 Å². The predicted molar refractivity (Wildman–Crippen MR) is 91.3 cm³/mol. The average Bonchev–Trinajstić information content (AvgIpc) is 3.03. The van der Waals surface area contributed by atoms with Crippen molar-refractivity contribution in [3.8, 4) is 0 Å². The van der Waals surface area contributed by atoms with Crippen LogP contribution in [0.15, 0.2) is 44.6 Å². The maximum absolute atomic E-state index is 5.85. The second kappa shape index (κ2) is 6.32. The van der Waals surface area contributed by atoms with Crippen LogP contribution < -0.4 is 5.73 Å². The van der Waals surface area contributed by atoms with Gasteiger partial charge in [-0.25, -0.2) is 0 Å². The van der Waals surface area contributed by atoms with Gasteiger partial charge in [0.1, 0.15) is 11.3 Å². The van der Waals surface area contributed by atoms with Gasteiger partial charge in [0.05, 0.1) is 6.54 Å². The summed E-state index contributed by atoms with van der Waals surface area (Å²) in [4.78, 5) is 3.63. The van der Waals surface area contributed by atoms with Crippen LogP contribution in [0.2, 0.25) is 0 Å². The minimum Gasteiger partial charge on any atom is -0.459 e. The van der Waals surface area contributed by atoms with Crippen LogP contribution in [0, 0.1) is 0 Å². The minimum absolute atomic E-state index is 0.433. The maximum Gasteiger partial charge on any atom is 0.134 e. The number of fused-ring (bicyclic) bond motifs is 1. The predicted octanol–water partition coefficient (Wildman–Crippen LogP) is 4.35. The topological polar surface area (TPSA) is 42.4 Å². The van der Waals surface area contributed by atoms with E-state index in [2.05, 4.69) is 45.4 Å². The van der Waals surface area contributed by atoms with Crippen LogP contribution in [-0.2, 0) is 19.6 Å². The van der Waals surface area contributed by atoms with Gasteiger partial charge in [0.25, 0.3) is 0 Å². The molecule has 2 heterocycles. The molecule has 1 aromatic carbocycles. The van der Waals surface area contributed by atoms with Crippen molar-refractivity contribution in [2.75, 3.05) is 7.05 Å². The molecule has 0 saturated heterocycles. The summed E-state index contributed by atoms with van der Waals surface area (Å²) < 4.78 is 6.99. The molecule has 0 aliphatic rings. The summed E-state index contributed by atoms with van der Waals surface area (Å²) >= 11 is 5.27. The molecule has 0 saturated carbocycles. The molecule has 2 N–H and O–H groups in total. The number of hydrogen-bond donors (Lipinski definition) is 1. The van der Waals surface area contributed by atoms with E-state index in [0.29, 0.717) is 6.54 Å². The maximum atomic E-state index is 5.85. The fourth-order valence-corrected chi connectivity index (χ4v) is 4.05. The lowest BCUT2D eigenvalue weighted by Crippen LogP contribution is -2.17. The zero-order valence-corrected chi connectivity index (χ0v) is 14.2. The number of thiophene rings is 1. The van der Waals surface area contributed by atoms with Crippen LogP contribution in [0.25, 0.3) is 11.0 Å². The Morgan fingerprint density at radius 1 is 1.29 bits per heavy atom. The molecule has 0 unspecified atom stereocenters. The number of nitrogens with two attached hydrogens (primary N) is 1. The van der Waals surface area contributed by atoms with Crippen molar-refractivity contribution >= 4 is 38.2 Å². The van der Waals surface area contributed by atoms with E-state index < -0.39 is 0 Å². The minimum atomic E-state index is 0.433. The third-order valence-corrected chi connectivity index (χ3v) is 5.13. The molecule has 0 atom stereocenters. The lowest BCUT2D eigenvalue weighted by atomic mass is 10.1. The summed E-state index contributed by atoms with van der Waals surface area (Å²) in [5.41, 5.74) is 7.95. The number of furan rings is 1. The molecule has 0 fully saturated rings. The van der Waals surface area contributed by atoms with Gasteiger partial charge in [0.15, 0.2) is 0 Å². The zero-order chi connectivity index (χ0) is 14.8. The van der Waals surface area contributed by atoms with E-state index >= 15 is 0 Å². The van der Waals surface area contributed by atoms with E-state index in [1.165, 1.54) is 10.4 Å². The van der Waals surface area contributed by atoms with Crippen molar-refractivity contribution in [1.29, 1.82) is 0 Å². The molecule has 0 radical (unpaired) electrons. The van der Waals surface area contributed by atoms with Gasteiger partial charge in [-0.15, -0.1) is 11.3 Å². The lowest BCUT2D eigenvalue weighted by Gasteiger charge is -2.15. The normalized spacial score (nSPS) is 11.6. The quantitative estimate of drug-likeness (QED) is 0.731. The van der Waals surface area contributed by atoms with Gasteiger partial charge in [-0.3, -0.25) is 4.90 Å². The van der Waals surface area contributed by atoms with Crippen molar-refractivity contribution in [2.24, 2.45) is 5.73 Å². The van der Waals surface area contributed by atoms with Crippen molar-refractivity contribution in [2.45, 2.75) is 19.6 Å². The monoisotopic (exact) mass is 364 g/mol. The van der Waals surface area contributed by atoms with Gasteiger partial charge >= 0.3 is 0 Å². The lowest BCUT2D eigenvalue weighted by molar-refractivity contribution is 0.319. The van der Waals surface area contributed by atoms with Crippen molar-refractivity contribution in [3.63, 3.8) is 0 Å². The van der Waals surface area contributed by atoms with Crippen LogP contribution >= 0.6 is 27.3 Å². The molecule has 3 aromatic rings. The Hall–Kier alpha value is -1.14. The average molecular weight is 365 g/mol. The smallest absolute Gasteiger partial charge is 0.134 e. The molecule has 3 rings (SSSR count). The van der Waals surface area contributed by atoms with E-state index in [1.807, 2.05) is 18.2 Å². The highest BCUT2D eigenvalue weighted by atomic mass is 79.9. The van der Waals surface area contributed by atoms with Gasteiger partial charge in [-0.05, 0) is 35.1 Å². The first kappa shape index (κ1) is 14.8. The van der Waals surface area contributed by atoms with Crippen molar-refractivity contribution in [1.82, 2.24) is 4.90 Å². The highest BCUT2D eigenvalue weighted by molar-refractivity contribution is 9.10. The largest absolute Gasteiger partial charge is 0.459 e. The Labute approximate surface area is 136 Å². The molecule has 5 heteroatoms. The third-order valence-electron chi connectivity index (χ3n) is 3.44. The van der Waals surface area contributed by atoms with Gasteiger partial charge in [-0.1, -0.05) is 18.2 Å². The molecule has 0 bridgehead atoms. The first-order valence-corrected chi connectivity index (χ1v) is 8.45. The van der Waals surface area contributed by atoms with Crippen LogP contribution in [0.5, 0.6) is 0 Å². The van der Waals surface area contributed by atoms with Gasteiger partial charge in [0, 0.05) is 38.8 Å². The summed E-state index contributed by atoms with van der Waals surface area (Å²) in [5.74, 6) is 0.885. The number of rotatable bonds is 5. The van der Waals surface area contributed by atoms with E-state index in [1.54, 1.807) is 11.3 Å². The summed E-state index contributed by atoms with van der Waals surface area (Å²) in [6.45, 7) is 2.18. The fraction of sp³-hybridized carbons (Fsp3) is 0.250. The van der Waals surface area contributed by atoms with Crippen LogP contribution in [0.4, 0.5) is 0 Å². The summed E-state index contributed by atoms with van der Waals surface area (Å²) in [6.07, 6.45) is 0. The molecular formula is C16H17BrN2OS. The molecule has 0 aliphatic heterocycles. The Morgan fingerprint density at radius 2 is 2.10 bits per heavy atom. The highest BCUT2D eigenvalue weighted by Gasteiger charge is 2.14. The van der Waals surface area contributed by atoms with E-state index in [4.69, 9.17) is 10.2 Å². The molecule has 0 amide bonds. The Balaban J connectivity index is 1.83. The summed E-state index contributed by atoms with van der Waals surface area (Å²) in [7, 11) is 2.12. The highest BCUT2D eigenvalue weighted by Crippen LogP contribution is 2.27. The number of hydrogen-bond acceptors (Lipinski definition) is 4. The molecule has 0 aliphatic carbocycles. The number of para-hydroxylation sites is 1. The van der Waals surface area contributed by atoms with Gasteiger partial charge in [0.2, 0.25) is 0 Å². The molecule has 2 aromatic heterocycles. The van der Waals surface area contributed by atoms with E-state index in [-0.39, 0.29) is 0 Å². The molecular weight excluding hydrogens is 348 g/mol. The number of nitrogens with zero attached hydrogens (tertiary/aromatic N) is 1. The SMILES string of the molecule is CN(Cc1cc(Br)cs1)Cc1c(CN)oc2ccccc12. The molecule has 110 valence electrons. The summed E-state index contributed by atoms with van der Waals surface area (Å²) in [6, 6.07) is 10.3. The van der Waals surface area contributed by atoms with Gasteiger partial charge < -0.3 is 10.2 Å². The second-order valence-corrected chi connectivity index (χ2v) is 7.02. The Kier molecular flexibility index (Phi) is 4.45. The second-order valence-electron chi connectivity index (χ2n) is 5.11. The van der Waals surface area contributed by atoms with Crippen LogP contribution in [-0.4, -0.2) is 11.9 Å². The van der Waals surface area contributed by atoms with E-state index in [9.17, 15) is 0 Å². The van der Waals surface area contributed by atoms with E-state index in [0.717, 1.165) is 34.3 Å². The Morgan fingerprint density at radius 3 is 2.81 bits per heavy atom. The first-order chi connectivity index (χ1) is 10.2. The summed E-state index contributed by atoms with van der Waals surface area (Å²) in [5, 5.41) is 3.28. The standard InChI is InChI=1S/C16H17BrN2OS/c1-19(8-12-6-11(17)10-21-12)9-14-13-4-2-3-5-15(13)20-16(14)7-18/h2-6,10H,7-9,18H2,1H3. The fourth-order valence-electron chi connectivity index (χ4n) is 2.52. The zero-order valence-electron chi connectivity index (χ0n) is 11.8. The number of halogens is 1. The van der Waals surface area contributed by atoms with Gasteiger partial charge in [-0.2, -0.15) is 0 Å². The number of benzene rings is 1. The van der Waals surface area contributed by atoms with Crippen LogP contribution in [0.3, 0.4) is 0 Å². The third kappa shape index (κ3) is 3.21. The molecule has 3 nitrogen and oxygen atoms in total.